The Bertz CT molecular complexity index is 1230. The molecule has 10 heteroatoms. The summed E-state index contributed by atoms with van der Waals surface area (Å²) in [6, 6.07) is 6.03. The fraction of sp³-hybridized carbons (Fsp3) is 0.348. The number of rotatable bonds is 5. The highest BCUT2D eigenvalue weighted by Crippen LogP contribution is 2.49. The number of carbonyl (C=O) groups excluding carboxylic acids is 2. The first kappa shape index (κ1) is 21.5. The van der Waals surface area contributed by atoms with Crippen LogP contribution in [0.1, 0.15) is 40.3 Å². The number of aromatic nitrogens is 4. The zero-order valence-corrected chi connectivity index (χ0v) is 18.8. The van der Waals surface area contributed by atoms with Crippen molar-refractivity contribution in [3.63, 3.8) is 0 Å². The lowest BCUT2D eigenvalue weighted by Crippen LogP contribution is -2.41. The number of carbonyl (C=O) groups is 2. The van der Waals surface area contributed by atoms with Gasteiger partial charge in [0.1, 0.15) is 11.4 Å². The summed E-state index contributed by atoms with van der Waals surface area (Å²) in [6.07, 6.45) is 6.64. The van der Waals surface area contributed by atoms with Gasteiger partial charge in [-0.25, -0.2) is 14.4 Å². The summed E-state index contributed by atoms with van der Waals surface area (Å²) < 4.78 is 15.2. The van der Waals surface area contributed by atoms with Gasteiger partial charge in [0.25, 0.3) is 5.91 Å². The Labute approximate surface area is 195 Å². The standard InChI is InChI=1S/C23H22ClFN6O2/c1-29(23(5-6-23)22-26-7-2-8-27-22)21(33)16-13-28-31-10-9-30(14-19(16)31)20(32)12-15-3-4-18(25)17(24)11-15/h2-4,7-8,11,13H,5-6,9-10,12,14H2,1H3. The first-order valence-electron chi connectivity index (χ1n) is 10.7. The van der Waals surface area contributed by atoms with E-state index in [2.05, 4.69) is 15.1 Å². The van der Waals surface area contributed by atoms with Gasteiger partial charge in [-0.05, 0) is 36.6 Å². The van der Waals surface area contributed by atoms with Crippen LogP contribution in [0.5, 0.6) is 0 Å². The van der Waals surface area contributed by atoms with Crippen molar-refractivity contribution < 1.29 is 14.0 Å². The van der Waals surface area contributed by atoms with Gasteiger partial charge in [0.05, 0.1) is 42.0 Å². The summed E-state index contributed by atoms with van der Waals surface area (Å²) in [5.41, 5.74) is 1.31. The Balaban J connectivity index is 1.33. The second kappa shape index (κ2) is 8.22. The summed E-state index contributed by atoms with van der Waals surface area (Å²) in [6.45, 7) is 1.25. The summed E-state index contributed by atoms with van der Waals surface area (Å²) in [5.74, 6) is -0.165. The minimum absolute atomic E-state index is 0.00987. The molecule has 1 fully saturated rings. The van der Waals surface area contributed by atoms with Crippen LogP contribution in [0.4, 0.5) is 4.39 Å². The summed E-state index contributed by atoms with van der Waals surface area (Å²) in [7, 11) is 1.76. The molecule has 2 aromatic heterocycles. The fourth-order valence-electron chi connectivity index (χ4n) is 4.31. The number of fused-ring (bicyclic) bond motifs is 1. The van der Waals surface area contributed by atoms with E-state index in [1.165, 1.54) is 12.1 Å². The first-order valence-corrected chi connectivity index (χ1v) is 11.1. The number of hydrogen-bond acceptors (Lipinski definition) is 5. The number of nitrogens with zero attached hydrogens (tertiary/aromatic N) is 6. The average Bonchev–Trinajstić information content (AvgIpc) is 3.54. The molecule has 170 valence electrons. The average molecular weight is 469 g/mol. The molecule has 33 heavy (non-hydrogen) atoms. The van der Waals surface area contributed by atoms with Crippen LogP contribution in [0.2, 0.25) is 5.02 Å². The van der Waals surface area contributed by atoms with E-state index >= 15 is 0 Å². The topological polar surface area (TPSA) is 84.2 Å². The molecule has 0 N–H and O–H groups in total. The van der Waals surface area contributed by atoms with Crippen molar-refractivity contribution in [2.45, 2.75) is 37.9 Å². The Morgan fingerprint density at radius 1 is 1.21 bits per heavy atom. The molecule has 0 atom stereocenters. The molecule has 0 spiro atoms. The van der Waals surface area contributed by atoms with Gasteiger partial charge in [0, 0.05) is 26.0 Å². The van der Waals surface area contributed by atoms with E-state index in [0.717, 1.165) is 12.8 Å². The van der Waals surface area contributed by atoms with Gasteiger partial charge >= 0.3 is 0 Å². The summed E-state index contributed by atoms with van der Waals surface area (Å²) >= 11 is 5.84. The third kappa shape index (κ3) is 3.86. The normalized spacial score (nSPS) is 16.3. The van der Waals surface area contributed by atoms with Crippen LogP contribution >= 0.6 is 11.6 Å². The van der Waals surface area contributed by atoms with Crippen molar-refractivity contribution in [3.8, 4) is 0 Å². The summed E-state index contributed by atoms with van der Waals surface area (Å²) in [5, 5.41) is 4.37. The van der Waals surface area contributed by atoms with Crippen LogP contribution < -0.4 is 0 Å². The van der Waals surface area contributed by atoms with Crippen molar-refractivity contribution in [2.24, 2.45) is 0 Å². The summed E-state index contributed by atoms with van der Waals surface area (Å²) in [4.78, 5) is 38.5. The van der Waals surface area contributed by atoms with Crippen LogP contribution in [0.3, 0.4) is 0 Å². The molecule has 0 unspecified atom stereocenters. The third-order valence-electron chi connectivity index (χ3n) is 6.45. The van der Waals surface area contributed by atoms with E-state index in [9.17, 15) is 14.0 Å². The number of halogens is 2. The molecule has 2 amide bonds. The highest BCUT2D eigenvalue weighted by molar-refractivity contribution is 6.30. The minimum Gasteiger partial charge on any atom is -0.335 e. The van der Waals surface area contributed by atoms with Gasteiger partial charge in [-0.15, -0.1) is 0 Å². The quantitative estimate of drug-likeness (QED) is 0.575. The Morgan fingerprint density at radius 2 is 1.97 bits per heavy atom. The molecule has 0 radical (unpaired) electrons. The fourth-order valence-corrected chi connectivity index (χ4v) is 4.52. The van der Waals surface area contributed by atoms with Crippen molar-refractivity contribution in [1.82, 2.24) is 29.5 Å². The Kier molecular flexibility index (Phi) is 5.36. The van der Waals surface area contributed by atoms with Crippen LogP contribution in [-0.2, 0) is 29.8 Å². The number of benzene rings is 1. The Morgan fingerprint density at radius 3 is 2.67 bits per heavy atom. The SMILES string of the molecule is CN(C(=O)c1cnn2c1CN(C(=O)Cc1ccc(F)c(Cl)c1)CC2)C1(c2ncccn2)CC1. The van der Waals surface area contributed by atoms with Crippen molar-refractivity contribution in [3.05, 3.63) is 76.3 Å². The third-order valence-corrected chi connectivity index (χ3v) is 6.74. The molecule has 1 aromatic carbocycles. The highest BCUT2D eigenvalue weighted by Gasteiger charge is 2.53. The van der Waals surface area contributed by atoms with Crippen LogP contribution in [-0.4, -0.2) is 55.0 Å². The number of amides is 2. The van der Waals surface area contributed by atoms with Gasteiger partial charge in [0.2, 0.25) is 5.91 Å². The number of hydrogen-bond donors (Lipinski definition) is 0. The van der Waals surface area contributed by atoms with Gasteiger partial charge < -0.3 is 9.80 Å². The van der Waals surface area contributed by atoms with E-state index in [-0.39, 0.29) is 29.8 Å². The molecule has 1 aliphatic heterocycles. The molecular formula is C23H22ClFN6O2. The maximum absolute atomic E-state index is 13.4. The van der Waals surface area contributed by atoms with Gasteiger partial charge in [-0.3, -0.25) is 14.3 Å². The second-order valence-electron chi connectivity index (χ2n) is 8.44. The molecule has 3 aromatic rings. The molecule has 0 saturated heterocycles. The lowest BCUT2D eigenvalue weighted by Gasteiger charge is -2.30. The molecule has 0 bridgehead atoms. The minimum atomic E-state index is -0.517. The molecule has 2 aliphatic rings. The predicted octanol–water partition coefficient (Wildman–Crippen LogP) is 2.81. The second-order valence-corrected chi connectivity index (χ2v) is 8.84. The first-order chi connectivity index (χ1) is 15.9. The van der Waals surface area contributed by atoms with Crippen molar-refractivity contribution >= 4 is 23.4 Å². The van der Waals surface area contributed by atoms with Crippen LogP contribution in [0, 0.1) is 5.82 Å². The zero-order chi connectivity index (χ0) is 23.2. The van der Waals surface area contributed by atoms with E-state index < -0.39 is 11.4 Å². The molecular weight excluding hydrogens is 447 g/mol. The molecule has 3 heterocycles. The van der Waals surface area contributed by atoms with Gasteiger partial charge in [0.15, 0.2) is 5.82 Å². The van der Waals surface area contributed by atoms with E-state index in [1.807, 2.05) is 0 Å². The maximum Gasteiger partial charge on any atom is 0.257 e. The Hall–Kier alpha value is -3.33. The zero-order valence-electron chi connectivity index (χ0n) is 18.0. The smallest absolute Gasteiger partial charge is 0.257 e. The lowest BCUT2D eigenvalue weighted by molar-refractivity contribution is -0.132. The lowest BCUT2D eigenvalue weighted by atomic mass is 10.1. The van der Waals surface area contributed by atoms with Crippen molar-refractivity contribution in [2.75, 3.05) is 13.6 Å². The van der Waals surface area contributed by atoms with E-state index in [4.69, 9.17) is 11.6 Å². The van der Waals surface area contributed by atoms with E-state index in [0.29, 0.717) is 35.7 Å². The molecule has 1 saturated carbocycles. The van der Waals surface area contributed by atoms with Gasteiger partial charge in [-0.1, -0.05) is 17.7 Å². The highest BCUT2D eigenvalue weighted by atomic mass is 35.5. The van der Waals surface area contributed by atoms with Gasteiger partial charge in [-0.2, -0.15) is 5.10 Å². The largest absolute Gasteiger partial charge is 0.335 e. The molecule has 8 nitrogen and oxygen atoms in total. The van der Waals surface area contributed by atoms with Crippen molar-refractivity contribution in [1.29, 1.82) is 0 Å². The molecule has 5 rings (SSSR count). The van der Waals surface area contributed by atoms with Crippen LogP contribution in [0.25, 0.3) is 0 Å². The van der Waals surface area contributed by atoms with Crippen LogP contribution in [0.15, 0.2) is 42.9 Å². The maximum atomic E-state index is 13.4. The van der Waals surface area contributed by atoms with E-state index in [1.54, 1.807) is 52.3 Å². The molecule has 1 aliphatic carbocycles. The predicted molar refractivity (Wildman–Crippen MR) is 118 cm³/mol. The monoisotopic (exact) mass is 468 g/mol.